The molecule has 0 bridgehead atoms. The van der Waals surface area contributed by atoms with Gasteiger partial charge in [0.15, 0.2) is 5.82 Å². The van der Waals surface area contributed by atoms with Crippen molar-refractivity contribution in [2.75, 3.05) is 88.3 Å². The number of nitrogens with one attached hydrogen (secondary N) is 3. The SMILES string of the molecule is COc1cc(N2CCN(N3CCN(C(=O)CCCCCCc4cccc5c4C(=O)N(C4CCC(=O)NC4=O)C5=O)CC3)CC2)ccc1Nc1ncc(Cl)c(Nc2ccccc2P(C)(C)=O)n1. The maximum atomic E-state index is 13.4. The highest BCUT2D eigenvalue weighted by Crippen LogP contribution is 2.39. The molecular formula is C47H56ClN10O7P. The number of hydrogen-bond acceptors (Lipinski definition) is 14. The first-order chi connectivity index (χ1) is 31.8. The highest BCUT2D eigenvalue weighted by atomic mass is 35.5. The van der Waals surface area contributed by atoms with Gasteiger partial charge in [0.1, 0.15) is 24.0 Å². The predicted molar refractivity (Wildman–Crippen MR) is 254 cm³/mol. The molecule has 1 aromatic heterocycles. The molecule has 0 spiro atoms. The van der Waals surface area contributed by atoms with Crippen molar-refractivity contribution in [3.05, 3.63) is 88.6 Å². The zero-order valence-corrected chi connectivity index (χ0v) is 39.2. The van der Waals surface area contributed by atoms with Crippen LogP contribution in [0.2, 0.25) is 5.02 Å². The van der Waals surface area contributed by atoms with Crippen LogP contribution in [0.1, 0.15) is 71.2 Å². The molecule has 0 aliphatic carbocycles. The smallest absolute Gasteiger partial charge is 0.262 e. The van der Waals surface area contributed by atoms with Crippen molar-refractivity contribution in [3.63, 3.8) is 0 Å². The van der Waals surface area contributed by atoms with Gasteiger partial charge in [-0.25, -0.2) is 15.0 Å². The number of piperazine rings is 2. The Morgan fingerprint density at radius 1 is 0.848 bits per heavy atom. The van der Waals surface area contributed by atoms with Crippen LogP contribution in [0.3, 0.4) is 0 Å². The molecule has 4 aromatic rings. The molecule has 4 aliphatic rings. The summed E-state index contributed by atoms with van der Waals surface area (Å²) in [6.45, 7) is 9.77. The van der Waals surface area contributed by atoms with Gasteiger partial charge in [-0.05, 0) is 74.9 Å². The summed E-state index contributed by atoms with van der Waals surface area (Å²) in [5, 5.41) is 14.5. The zero-order valence-electron chi connectivity index (χ0n) is 37.6. The number of carbonyl (C=O) groups excluding carboxylic acids is 5. The molecule has 5 amide bonds. The second-order valence-corrected chi connectivity index (χ2v) is 21.0. The number of aromatic nitrogens is 2. The largest absolute Gasteiger partial charge is 0.494 e. The lowest BCUT2D eigenvalue weighted by molar-refractivity contribution is -0.137. The topological polar surface area (TPSA) is 190 Å². The number of rotatable bonds is 16. The van der Waals surface area contributed by atoms with E-state index < -0.39 is 36.8 Å². The number of methoxy groups -OCH3 is 1. The normalized spacial score (nSPS) is 18.4. The van der Waals surface area contributed by atoms with Crippen LogP contribution >= 0.6 is 18.7 Å². The number of anilines is 5. The van der Waals surface area contributed by atoms with Crippen LogP contribution in [0, 0.1) is 0 Å². The Kier molecular flexibility index (Phi) is 14.4. The summed E-state index contributed by atoms with van der Waals surface area (Å²) in [7, 11) is -0.935. The van der Waals surface area contributed by atoms with E-state index in [0.29, 0.717) is 76.3 Å². The number of imide groups is 2. The summed E-state index contributed by atoms with van der Waals surface area (Å²) >= 11 is 6.48. The Morgan fingerprint density at radius 3 is 2.30 bits per heavy atom. The summed E-state index contributed by atoms with van der Waals surface area (Å²) in [6.07, 6.45) is 6.16. The van der Waals surface area contributed by atoms with Crippen molar-refractivity contribution >= 4 is 82.4 Å². The number of benzene rings is 3. The number of aryl methyl sites for hydroxylation is 1. The molecule has 3 aromatic carbocycles. The lowest BCUT2D eigenvalue weighted by Gasteiger charge is -2.45. The number of unbranched alkanes of at least 4 members (excludes halogenated alkanes) is 3. The quantitative estimate of drug-likeness (QED) is 0.0710. The van der Waals surface area contributed by atoms with Crippen LogP contribution < -0.4 is 30.9 Å². The number of piperidine rings is 1. The first kappa shape index (κ1) is 46.7. The molecule has 5 heterocycles. The highest BCUT2D eigenvalue weighted by Gasteiger charge is 2.45. The van der Waals surface area contributed by atoms with E-state index >= 15 is 0 Å². The molecule has 17 nitrogen and oxygen atoms in total. The molecule has 66 heavy (non-hydrogen) atoms. The fourth-order valence-corrected chi connectivity index (χ4v) is 10.4. The van der Waals surface area contributed by atoms with Crippen LogP contribution in [0.15, 0.2) is 66.9 Å². The van der Waals surface area contributed by atoms with Crippen LogP contribution in [-0.4, -0.2) is 138 Å². The molecule has 0 radical (unpaired) electrons. The van der Waals surface area contributed by atoms with Gasteiger partial charge in [0.25, 0.3) is 11.8 Å². The van der Waals surface area contributed by atoms with Crippen LogP contribution in [-0.2, 0) is 25.4 Å². The van der Waals surface area contributed by atoms with E-state index in [0.717, 1.165) is 81.1 Å². The number of ether oxygens (including phenoxy) is 1. The van der Waals surface area contributed by atoms with Gasteiger partial charge in [-0.1, -0.05) is 48.7 Å². The molecular weight excluding hydrogens is 883 g/mol. The minimum atomic E-state index is -2.56. The average molecular weight is 939 g/mol. The number of hydrazine groups is 1. The third-order valence-corrected chi connectivity index (χ3v) is 14.5. The van der Waals surface area contributed by atoms with E-state index in [1.165, 1.54) is 6.20 Å². The van der Waals surface area contributed by atoms with Crippen LogP contribution in [0.25, 0.3) is 0 Å². The minimum absolute atomic E-state index is 0.0807. The van der Waals surface area contributed by atoms with Crippen LogP contribution in [0.4, 0.5) is 28.8 Å². The van der Waals surface area contributed by atoms with Gasteiger partial charge in [-0.15, -0.1) is 0 Å². The van der Waals surface area contributed by atoms with Gasteiger partial charge in [0, 0.05) is 82.3 Å². The molecule has 0 saturated carbocycles. The molecule has 3 N–H and O–H groups in total. The number of halogens is 1. The minimum Gasteiger partial charge on any atom is -0.494 e. The van der Waals surface area contributed by atoms with Gasteiger partial charge in [0.2, 0.25) is 23.7 Å². The van der Waals surface area contributed by atoms with Crippen molar-refractivity contribution in [3.8, 4) is 5.75 Å². The molecule has 1 atom stereocenters. The Balaban J connectivity index is 0.750. The van der Waals surface area contributed by atoms with Gasteiger partial charge in [-0.3, -0.25) is 34.2 Å². The van der Waals surface area contributed by atoms with Gasteiger partial charge in [0.05, 0.1) is 35.8 Å². The number of fused-ring (bicyclic) bond motifs is 1. The van der Waals surface area contributed by atoms with Crippen LogP contribution in [0.5, 0.6) is 5.75 Å². The lowest BCUT2D eigenvalue weighted by Crippen LogP contribution is -2.59. The molecule has 1 unspecified atom stereocenters. The van der Waals surface area contributed by atoms with E-state index in [-0.39, 0.29) is 18.7 Å². The third-order valence-electron chi connectivity index (χ3n) is 12.7. The summed E-state index contributed by atoms with van der Waals surface area (Å²) in [4.78, 5) is 78.2. The summed E-state index contributed by atoms with van der Waals surface area (Å²) in [5.41, 5.74) is 3.84. The van der Waals surface area contributed by atoms with Crippen molar-refractivity contribution < 1.29 is 33.3 Å². The Hall–Kier alpha value is -5.87. The second-order valence-electron chi connectivity index (χ2n) is 17.4. The molecule has 3 saturated heterocycles. The van der Waals surface area contributed by atoms with Crippen molar-refractivity contribution in [1.29, 1.82) is 0 Å². The van der Waals surface area contributed by atoms with E-state index in [9.17, 15) is 28.5 Å². The first-order valence-electron chi connectivity index (χ1n) is 22.5. The fourth-order valence-electron chi connectivity index (χ4n) is 9.15. The number of amides is 5. The summed E-state index contributed by atoms with van der Waals surface area (Å²) in [6, 6.07) is 17.7. The Labute approximate surface area is 389 Å². The van der Waals surface area contributed by atoms with E-state index in [4.69, 9.17) is 16.3 Å². The monoisotopic (exact) mass is 938 g/mol. The Morgan fingerprint density at radius 2 is 1.58 bits per heavy atom. The van der Waals surface area contributed by atoms with Gasteiger partial charge >= 0.3 is 0 Å². The molecule has 3 fully saturated rings. The van der Waals surface area contributed by atoms with E-state index in [2.05, 4.69) is 46.9 Å². The maximum Gasteiger partial charge on any atom is 0.262 e. The highest BCUT2D eigenvalue weighted by molar-refractivity contribution is 7.70. The first-order valence-corrected chi connectivity index (χ1v) is 25.5. The summed E-state index contributed by atoms with van der Waals surface area (Å²) in [5.74, 6) is -0.471. The standard InChI is InChI=1S/C47H56ClN10O7P/c1-65-38-29-32(17-18-35(38)51-47-49-30-34(48)43(53-47)50-36-14-8-9-15-39(36)66(2,3)64)54-21-25-56(26-22-54)57-27-23-55(24-28-57)41(60)16-7-5-4-6-11-31-12-10-13-33-42(31)46(63)58(45(33)62)37-19-20-40(59)52-44(37)61/h8-10,12-15,17-18,29-30,37H,4-7,11,16,19-28H2,1-3H3,(H,52,59,61)(H2,49,50,51,53). The summed E-state index contributed by atoms with van der Waals surface area (Å²) < 4.78 is 18.7. The van der Waals surface area contributed by atoms with Crippen molar-refractivity contribution in [1.82, 2.24) is 35.1 Å². The fraction of sp³-hybridized carbons (Fsp3) is 0.426. The van der Waals surface area contributed by atoms with E-state index in [1.54, 1.807) is 32.6 Å². The predicted octanol–water partition coefficient (Wildman–Crippen LogP) is 5.65. The van der Waals surface area contributed by atoms with E-state index in [1.807, 2.05) is 47.4 Å². The second kappa shape index (κ2) is 20.3. The average Bonchev–Trinajstić information content (AvgIpc) is 3.57. The third kappa shape index (κ3) is 10.4. The molecule has 19 heteroatoms. The van der Waals surface area contributed by atoms with Gasteiger partial charge in [-0.2, -0.15) is 4.98 Å². The molecule has 4 aliphatic heterocycles. The lowest BCUT2D eigenvalue weighted by atomic mass is 9.97. The van der Waals surface area contributed by atoms with Crippen molar-refractivity contribution in [2.45, 2.75) is 57.4 Å². The molecule has 8 rings (SSSR count). The number of carbonyl (C=O) groups is 5. The number of para-hydroxylation sites is 1. The zero-order chi connectivity index (χ0) is 46.5. The number of hydrogen-bond donors (Lipinski definition) is 3. The number of nitrogens with zero attached hydrogens (tertiary/aromatic N) is 7. The van der Waals surface area contributed by atoms with Crippen molar-refractivity contribution in [2.24, 2.45) is 0 Å². The maximum absolute atomic E-state index is 13.4. The van der Waals surface area contributed by atoms with Gasteiger partial charge < -0.3 is 29.7 Å². The molecule has 348 valence electrons. The Bertz CT molecular complexity index is 2560.